The minimum Gasteiger partial charge on any atom is -0.377 e. The van der Waals surface area contributed by atoms with Crippen molar-refractivity contribution in [1.29, 1.82) is 0 Å². The van der Waals surface area contributed by atoms with Crippen LogP contribution in [0.2, 0.25) is 0 Å². The highest BCUT2D eigenvalue weighted by Crippen LogP contribution is 2.23. The number of thiophene rings is 1. The fourth-order valence-electron chi connectivity index (χ4n) is 2.80. The highest BCUT2D eigenvalue weighted by molar-refractivity contribution is 7.10. The predicted molar refractivity (Wildman–Crippen MR) is 75.1 cm³/mol. The van der Waals surface area contributed by atoms with Gasteiger partial charge in [0.05, 0.1) is 6.10 Å². The minimum atomic E-state index is 0.467. The molecule has 1 saturated heterocycles. The van der Waals surface area contributed by atoms with Crippen LogP contribution >= 0.6 is 11.3 Å². The number of nitrogens with zero attached hydrogens (tertiary/aromatic N) is 1. The van der Waals surface area contributed by atoms with Crippen molar-refractivity contribution in [2.45, 2.75) is 31.9 Å². The molecule has 1 atom stereocenters. The van der Waals surface area contributed by atoms with Crippen molar-refractivity contribution in [3.8, 4) is 0 Å². The molecule has 100 valence electrons. The van der Waals surface area contributed by atoms with E-state index in [0.717, 1.165) is 32.8 Å². The Morgan fingerprint density at radius 2 is 2.50 bits per heavy atom. The van der Waals surface area contributed by atoms with Gasteiger partial charge in [0.15, 0.2) is 0 Å². The van der Waals surface area contributed by atoms with Crippen LogP contribution in [0.15, 0.2) is 11.4 Å². The quantitative estimate of drug-likeness (QED) is 0.824. The summed E-state index contributed by atoms with van der Waals surface area (Å²) in [6.45, 7) is 6.58. The van der Waals surface area contributed by atoms with E-state index in [4.69, 9.17) is 4.74 Å². The first-order valence-electron chi connectivity index (χ1n) is 7.02. The standard InChI is InChI=1S/C14H22N2OS/c1-2-13(17-8-1)10-15-5-7-16-6-3-14-12(11-16)4-9-18-14/h4,9,13,15H,1-3,5-8,10-11H2. The molecule has 2 aliphatic rings. The Hall–Kier alpha value is -0.420. The lowest BCUT2D eigenvalue weighted by molar-refractivity contribution is 0.109. The maximum Gasteiger partial charge on any atom is 0.0700 e. The molecule has 0 saturated carbocycles. The van der Waals surface area contributed by atoms with Crippen LogP contribution in [-0.4, -0.2) is 43.8 Å². The molecule has 2 aliphatic heterocycles. The van der Waals surface area contributed by atoms with Crippen LogP contribution in [0.25, 0.3) is 0 Å². The van der Waals surface area contributed by atoms with E-state index < -0.39 is 0 Å². The van der Waals surface area contributed by atoms with Gasteiger partial charge in [0.1, 0.15) is 0 Å². The summed E-state index contributed by atoms with van der Waals surface area (Å²) >= 11 is 1.91. The van der Waals surface area contributed by atoms with E-state index in [1.54, 1.807) is 10.4 Å². The van der Waals surface area contributed by atoms with Gasteiger partial charge in [0, 0.05) is 44.2 Å². The third-order valence-electron chi connectivity index (χ3n) is 3.89. The van der Waals surface area contributed by atoms with Gasteiger partial charge in [0.25, 0.3) is 0 Å². The molecule has 18 heavy (non-hydrogen) atoms. The molecule has 1 aromatic heterocycles. The minimum absolute atomic E-state index is 0.467. The monoisotopic (exact) mass is 266 g/mol. The van der Waals surface area contributed by atoms with E-state index in [0.29, 0.717) is 6.10 Å². The van der Waals surface area contributed by atoms with Crippen molar-refractivity contribution in [3.05, 3.63) is 21.9 Å². The molecule has 0 aliphatic carbocycles. The fraction of sp³-hybridized carbons (Fsp3) is 0.714. The zero-order valence-electron chi connectivity index (χ0n) is 10.9. The van der Waals surface area contributed by atoms with E-state index >= 15 is 0 Å². The van der Waals surface area contributed by atoms with Crippen molar-refractivity contribution in [2.75, 3.05) is 32.8 Å². The summed E-state index contributed by atoms with van der Waals surface area (Å²) in [5.74, 6) is 0. The zero-order valence-corrected chi connectivity index (χ0v) is 11.7. The average Bonchev–Trinajstić information content (AvgIpc) is 3.05. The Morgan fingerprint density at radius 1 is 1.50 bits per heavy atom. The van der Waals surface area contributed by atoms with Crippen LogP contribution in [-0.2, 0) is 17.7 Å². The highest BCUT2D eigenvalue weighted by Gasteiger charge is 2.17. The van der Waals surface area contributed by atoms with Gasteiger partial charge in [-0.1, -0.05) is 0 Å². The van der Waals surface area contributed by atoms with Gasteiger partial charge in [-0.2, -0.15) is 0 Å². The second-order valence-electron chi connectivity index (χ2n) is 5.23. The first kappa shape index (κ1) is 12.6. The summed E-state index contributed by atoms with van der Waals surface area (Å²) in [6.07, 6.45) is 4.17. The number of nitrogens with one attached hydrogen (secondary N) is 1. The Morgan fingerprint density at radius 3 is 3.39 bits per heavy atom. The second kappa shape index (κ2) is 6.15. The topological polar surface area (TPSA) is 24.5 Å². The lowest BCUT2D eigenvalue weighted by Crippen LogP contribution is -2.37. The number of hydrogen-bond donors (Lipinski definition) is 1. The molecular formula is C14H22N2OS. The molecule has 0 spiro atoms. The summed E-state index contributed by atoms with van der Waals surface area (Å²) in [7, 11) is 0. The molecular weight excluding hydrogens is 244 g/mol. The fourth-order valence-corrected chi connectivity index (χ4v) is 3.69. The van der Waals surface area contributed by atoms with Crippen LogP contribution in [0.1, 0.15) is 23.3 Å². The molecule has 1 unspecified atom stereocenters. The van der Waals surface area contributed by atoms with E-state index in [1.807, 2.05) is 11.3 Å². The van der Waals surface area contributed by atoms with Crippen molar-refractivity contribution >= 4 is 11.3 Å². The summed E-state index contributed by atoms with van der Waals surface area (Å²) in [5.41, 5.74) is 1.55. The molecule has 0 bridgehead atoms. The van der Waals surface area contributed by atoms with Gasteiger partial charge in [-0.05, 0) is 36.3 Å². The molecule has 3 nitrogen and oxygen atoms in total. The van der Waals surface area contributed by atoms with E-state index in [-0.39, 0.29) is 0 Å². The van der Waals surface area contributed by atoms with Gasteiger partial charge in [-0.15, -0.1) is 11.3 Å². The number of hydrogen-bond acceptors (Lipinski definition) is 4. The number of ether oxygens (including phenoxy) is 1. The first-order chi connectivity index (χ1) is 8.92. The van der Waals surface area contributed by atoms with E-state index in [2.05, 4.69) is 21.7 Å². The van der Waals surface area contributed by atoms with Crippen LogP contribution in [0.4, 0.5) is 0 Å². The van der Waals surface area contributed by atoms with Crippen molar-refractivity contribution < 1.29 is 4.74 Å². The van der Waals surface area contributed by atoms with Gasteiger partial charge < -0.3 is 10.1 Å². The molecule has 0 radical (unpaired) electrons. The third-order valence-corrected chi connectivity index (χ3v) is 4.91. The summed E-state index contributed by atoms with van der Waals surface area (Å²) < 4.78 is 5.61. The van der Waals surface area contributed by atoms with Crippen molar-refractivity contribution in [3.63, 3.8) is 0 Å². The molecule has 3 rings (SSSR count). The van der Waals surface area contributed by atoms with Crippen LogP contribution < -0.4 is 5.32 Å². The molecule has 4 heteroatoms. The summed E-state index contributed by atoms with van der Waals surface area (Å²) in [4.78, 5) is 4.15. The summed E-state index contributed by atoms with van der Waals surface area (Å²) in [5, 5.41) is 5.75. The van der Waals surface area contributed by atoms with E-state index in [9.17, 15) is 0 Å². The Balaban J connectivity index is 1.34. The molecule has 0 amide bonds. The van der Waals surface area contributed by atoms with Gasteiger partial charge >= 0.3 is 0 Å². The summed E-state index contributed by atoms with van der Waals surface area (Å²) in [6, 6.07) is 2.28. The molecule has 1 fully saturated rings. The third kappa shape index (κ3) is 3.12. The lowest BCUT2D eigenvalue weighted by Gasteiger charge is -2.27. The van der Waals surface area contributed by atoms with Gasteiger partial charge in [-0.25, -0.2) is 0 Å². The van der Waals surface area contributed by atoms with Gasteiger partial charge in [0.2, 0.25) is 0 Å². The van der Waals surface area contributed by atoms with Crippen LogP contribution in [0, 0.1) is 0 Å². The second-order valence-corrected chi connectivity index (χ2v) is 6.23. The first-order valence-corrected chi connectivity index (χ1v) is 7.90. The van der Waals surface area contributed by atoms with Crippen molar-refractivity contribution in [1.82, 2.24) is 10.2 Å². The predicted octanol–water partition coefficient (Wildman–Crippen LogP) is 1.87. The van der Waals surface area contributed by atoms with Crippen LogP contribution in [0.3, 0.4) is 0 Å². The lowest BCUT2D eigenvalue weighted by atomic mass is 10.1. The largest absolute Gasteiger partial charge is 0.377 e. The average molecular weight is 266 g/mol. The number of fused-ring (bicyclic) bond motifs is 1. The molecule has 0 aromatic carbocycles. The molecule has 3 heterocycles. The Bertz CT molecular complexity index is 374. The maximum absolute atomic E-state index is 5.61. The smallest absolute Gasteiger partial charge is 0.0700 e. The SMILES string of the molecule is c1cc2c(s1)CCN(CCNCC1CCCO1)C2. The zero-order chi connectivity index (χ0) is 12.2. The van der Waals surface area contributed by atoms with Gasteiger partial charge in [-0.3, -0.25) is 4.90 Å². The highest BCUT2D eigenvalue weighted by atomic mass is 32.1. The van der Waals surface area contributed by atoms with Crippen LogP contribution in [0.5, 0.6) is 0 Å². The normalized spacial score (nSPS) is 24.3. The Labute approximate surface area is 113 Å². The van der Waals surface area contributed by atoms with Crippen molar-refractivity contribution in [2.24, 2.45) is 0 Å². The maximum atomic E-state index is 5.61. The molecule has 1 aromatic rings. The van der Waals surface area contributed by atoms with E-state index in [1.165, 1.54) is 25.8 Å². The Kier molecular flexibility index (Phi) is 4.31. The molecule has 1 N–H and O–H groups in total. The number of rotatable bonds is 5.